The Morgan fingerprint density at radius 2 is 1.95 bits per heavy atom. The van der Waals surface area contributed by atoms with Crippen molar-refractivity contribution in [3.63, 3.8) is 0 Å². The third kappa shape index (κ3) is 5.48. The number of allylic oxidation sites excluding steroid dienone is 1. The second-order valence-corrected chi connectivity index (χ2v) is 5.69. The van der Waals surface area contributed by atoms with Gasteiger partial charge in [-0.15, -0.1) is 0 Å². The van der Waals surface area contributed by atoms with Crippen molar-refractivity contribution >= 4 is 11.9 Å². The fourth-order valence-corrected chi connectivity index (χ4v) is 1.96. The molecule has 0 bridgehead atoms. The van der Waals surface area contributed by atoms with Gasteiger partial charge in [0.05, 0.1) is 13.5 Å². The summed E-state index contributed by atoms with van der Waals surface area (Å²) in [5.41, 5.74) is 1.06. The molecule has 110 valence electrons. The van der Waals surface area contributed by atoms with E-state index in [1.807, 2.05) is 20.8 Å². The van der Waals surface area contributed by atoms with Gasteiger partial charge in [-0.3, -0.25) is 4.79 Å². The number of ether oxygens (including phenoxy) is 2. The minimum atomic E-state index is -0.462. The first-order valence-electron chi connectivity index (χ1n) is 6.84. The van der Waals surface area contributed by atoms with E-state index in [9.17, 15) is 9.59 Å². The fourth-order valence-electron chi connectivity index (χ4n) is 1.96. The van der Waals surface area contributed by atoms with Gasteiger partial charge >= 0.3 is 11.9 Å². The lowest BCUT2D eigenvalue weighted by atomic mass is 10.1. The summed E-state index contributed by atoms with van der Waals surface area (Å²) in [7, 11) is 1.38. The summed E-state index contributed by atoms with van der Waals surface area (Å²) in [4.78, 5) is 23.0. The van der Waals surface area contributed by atoms with E-state index in [2.05, 4.69) is 11.8 Å². The molecule has 0 aromatic carbocycles. The molecule has 0 aliphatic heterocycles. The summed E-state index contributed by atoms with van der Waals surface area (Å²) in [6.45, 7) is 5.51. The predicted molar refractivity (Wildman–Crippen MR) is 75.7 cm³/mol. The molecule has 0 aromatic rings. The molecule has 0 atom stereocenters. The maximum Gasteiger partial charge on any atom is 0.334 e. The highest BCUT2D eigenvalue weighted by molar-refractivity contribution is 5.90. The number of esters is 2. The van der Waals surface area contributed by atoms with Crippen molar-refractivity contribution in [2.45, 2.75) is 58.5 Å². The Hall–Kier alpha value is -1.76. The Balaban J connectivity index is 2.50. The van der Waals surface area contributed by atoms with Crippen molar-refractivity contribution in [3.05, 3.63) is 11.1 Å². The molecule has 0 unspecified atom stereocenters. The van der Waals surface area contributed by atoms with Crippen molar-refractivity contribution in [3.8, 4) is 11.8 Å². The zero-order valence-corrected chi connectivity index (χ0v) is 12.7. The average molecular weight is 278 g/mol. The highest BCUT2D eigenvalue weighted by Crippen LogP contribution is 2.26. The lowest BCUT2D eigenvalue weighted by molar-refractivity contribution is -0.154. The van der Waals surface area contributed by atoms with Gasteiger partial charge in [-0.1, -0.05) is 11.8 Å². The normalized spacial score (nSPS) is 14.6. The third-order valence-electron chi connectivity index (χ3n) is 2.76. The Morgan fingerprint density at radius 3 is 2.55 bits per heavy atom. The number of carbonyl (C=O) groups excluding carboxylic acids is 2. The van der Waals surface area contributed by atoms with Crippen molar-refractivity contribution < 1.29 is 19.1 Å². The van der Waals surface area contributed by atoms with Gasteiger partial charge in [0.1, 0.15) is 5.60 Å². The van der Waals surface area contributed by atoms with E-state index < -0.39 is 5.60 Å². The number of hydrogen-bond acceptors (Lipinski definition) is 4. The minimum absolute atomic E-state index is 0.250. The molecule has 0 fully saturated rings. The van der Waals surface area contributed by atoms with E-state index in [1.165, 1.54) is 7.11 Å². The lowest BCUT2D eigenvalue weighted by Crippen LogP contribution is -2.23. The van der Waals surface area contributed by atoms with Crippen LogP contribution in [-0.4, -0.2) is 24.6 Å². The summed E-state index contributed by atoms with van der Waals surface area (Å²) in [5.74, 6) is 5.38. The van der Waals surface area contributed by atoms with E-state index >= 15 is 0 Å². The monoisotopic (exact) mass is 278 g/mol. The zero-order valence-electron chi connectivity index (χ0n) is 12.7. The summed E-state index contributed by atoms with van der Waals surface area (Å²) >= 11 is 0. The zero-order chi connectivity index (χ0) is 15.2. The lowest BCUT2D eigenvalue weighted by Gasteiger charge is -2.18. The van der Waals surface area contributed by atoms with Crippen LogP contribution in [0.2, 0.25) is 0 Å². The predicted octanol–water partition coefficient (Wildman–Crippen LogP) is 2.77. The molecule has 4 nitrogen and oxygen atoms in total. The molecular weight excluding hydrogens is 256 g/mol. The standard InChI is InChI=1S/C16H22O4/c1-16(2,3)20-14(17)11-6-5-8-12-9-7-10-13(12)15(18)19-4/h6-7,9-11H2,1-4H3. The van der Waals surface area contributed by atoms with E-state index in [4.69, 9.17) is 9.47 Å². The Labute approximate surface area is 120 Å². The van der Waals surface area contributed by atoms with Crippen LogP contribution in [0.4, 0.5) is 0 Å². The van der Waals surface area contributed by atoms with E-state index in [0.717, 1.165) is 24.8 Å². The van der Waals surface area contributed by atoms with Gasteiger partial charge in [0.15, 0.2) is 0 Å². The molecule has 0 heterocycles. The van der Waals surface area contributed by atoms with Gasteiger partial charge in [0.25, 0.3) is 0 Å². The molecule has 0 amide bonds. The SMILES string of the molecule is COC(=O)C1=C(C#CCCC(=O)OC(C)(C)C)CCC1. The van der Waals surface area contributed by atoms with Crippen LogP contribution in [-0.2, 0) is 19.1 Å². The van der Waals surface area contributed by atoms with Crippen LogP contribution >= 0.6 is 0 Å². The number of hydrogen-bond donors (Lipinski definition) is 0. The second-order valence-electron chi connectivity index (χ2n) is 5.69. The van der Waals surface area contributed by atoms with Crippen LogP contribution in [0.15, 0.2) is 11.1 Å². The molecule has 0 radical (unpaired) electrons. The highest BCUT2D eigenvalue weighted by atomic mass is 16.6. The maximum absolute atomic E-state index is 11.5. The molecule has 0 spiro atoms. The number of methoxy groups -OCH3 is 1. The van der Waals surface area contributed by atoms with Crippen LogP contribution in [0.5, 0.6) is 0 Å². The molecular formula is C16H22O4. The van der Waals surface area contributed by atoms with Gasteiger partial charge in [0.2, 0.25) is 0 Å². The van der Waals surface area contributed by atoms with Crippen molar-refractivity contribution in [1.82, 2.24) is 0 Å². The van der Waals surface area contributed by atoms with Crippen LogP contribution < -0.4 is 0 Å². The topological polar surface area (TPSA) is 52.6 Å². The molecule has 1 aliphatic rings. The molecule has 0 saturated heterocycles. The first-order chi connectivity index (χ1) is 9.33. The van der Waals surface area contributed by atoms with Gasteiger partial charge < -0.3 is 9.47 Å². The molecule has 20 heavy (non-hydrogen) atoms. The fraction of sp³-hybridized carbons (Fsp3) is 0.625. The van der Waals surface area contributed by atoms with Crippen LogP contribution in [0.1, 0.15) is 52.9 Å². The van der Waals surface area contributed by atoms with E-state index in [-0.39, 0.29) is 18.4 Å². The maximum atomic E-state index is 11.5. The first kappa shape index (κ1) is 16.3. The van der Waals surface area contributed by atoms with E-state index in [1.54, 1.807) is 0 Å². The van der Waals surface area contributed by atoms with Gasteiger partial charge in [-0.25, -0.2) is 4.79 Å². The largest absolute Gasteiger partial charge is 0.466 e. The van der Waals surface area contributed by atoms with Crippen LogP contribution in [0.3, 0.4) is 0 Å². The molecule has 0 saturated carbocycles. The van der Waals surface area contributed by atoms with Gasteiger partial charge in [-0.05, 0) is 40.0 Å². The summed E-state index contributed by atoms with van der Waals surface area (Å²) < 4.78 is 9.92. The van der Waals surface area contributed by atoms with E-state index in [0.29, 0.717) is 12.0 Å². The Kier molecular flexibility index (Phi) is 5.82. The third-order valence-corrected chi connectivity index (χ3v) is 2.76. The van der Waals surface area contributed by atoms with Crippen LogP contribution in [0.25, 0.3) is 0 Å². The smallest absolute Gasteiger partial charge is 0.334 e. The number of carbonyl (C=O) groups is 2. The van der Waals surface area contributed by atoms with Crippen molar-refractivity contribution in [1.29, 1.82) is 0 Å². The molecule has 0 N–H and O–H groups in total. The first-order valence-corrected chi connectivity index (χ1v) is 6.84. The quantitative estimate of drug-likeness (QED) is 0.588. The molecule has 0 aromatic heterocycles. The Bertz CT molecular complexity index is 469. The summed E-state index contributed by atoms with van der Waals surface area (Å²) in [6.07, 6.45) is 3.17. The highest BCUT2D eigenvalue weighted by Gasteiger charge is 2.20. The number of rotatable bonds is 3. The minimum Gasteiger partial charge on any atom is -0.466 e. The second kappa shape index (κ2) is 7.14. The molecule has 4 heteroatoms. The summed E-state index contributed by atoms with van der Waals surface area (Å²) in [5, 5.41) is 0. The van der Waals surface area contributed by atoms with Gasteiger partial charge in [-0.2, -0.15) is 0 Å². The molecule has 1 rings (SSSR count). The van der Waals surface area contributed by atoms with Crippen molar-refractivity contribution in [2.24, 2.45) is 0 Å². The van der Waals surface area contributed by atoms with Crippen molar-refractivity contribution in [2.75, 3.05) is 7.11 Å². The molecule has 1 aliphatic carbocycles. The summed E-state index contributed by atoms with van der Waals surface area (Å²) in [6, 6.07) is 0. The van der Waals surface area contributed by atoms with Crippen LogP contribution in [0, 0.1) is 11.8 Å². The Morgan fingerprint density at radius 1 is 1.25 bits per heavy atom. The van der Waals surface area contributed by atoms with Gasteiger partial charge in [0, 0.05) is 17.6 Å². The average Bonchev–Trinajstić information content (AvgIpc) is 2.79.